The second-order valence-electron chi connectivity index (χ2n) is 8.87. The third kappa shape index (κ3) is 10.1. The summed E-state index contributed by atoms with van der Waals surface area (Å²) >= 11 is 28.3. The minimum atomic E-state index is -1.66. The van der Waals surface area contributed by atoms with Gasteiger partial charge in [-0.05, 0) is 85.8 Å². The second-order valence-corrected chi connectivity index (χ2v) is 10.8. The Morgan fingerprint density at radius 1 is 0.628 bits per heavy atom. The van der Waals surface area contributed by atoms with Gasteiger partial charge in [0, 0.05) is 15.9 Å². The molecule has 4 rings (SSSR count). The van der Waals surface area contributed by atoms with Crippen LogP contribution in [0.4, 0.5) is 11.4 Å². The molecule has 0 atom stereocenters. The molecule has 4 aromatic carbocycles. The molecule has 0 aliphatic heterocycles. The molecule has 8 nitrogen and oxygen atoms in total. The Kier molecular flexibility index (Phi) is 13.1. The highest BCUT2D eigenvalue weighted by Gasteiger charge is 2.19. The van der Waals surface area contributed by atoms with E-state index in [1.54, 1.807) is 48.5 Å². The number of aryl methyl sites for hydroxylation is 2. The standard InChI is InChI=1S/C14H12BCl2NO3S.C14H13BClNO3S/c1-8-7-9(16)5-6-12(8)21-14(22)18-11-4-2-3-10(13(11)17)15(19)20;1-9-5-2-3-8-12(9)20-14(21)17-11-7-4-6-10(13(11)16)15(18)19/h2-7,19-20H,1H3,(H,18,22);2-8,18-19H,1H3,(H,17,21). The van der Waals surface area contributed by atoms with Crippen LogP contribution in [0, 0.1) is 13.8 Å². The number of rotatable bonds is 6. The maximum absolute atomic E-state index is 9.23. The molecule has 43 heavy (non-hydrogen) atoms. The summed E-state index contributed by atoms with van der Waals surface area (Å²) in [6.45, 7) is 3.76. The largest absolute Gasteiger partial charge is 0.490 e. The van der Waals surface area contributed by atoms with E-state index in [-0.39, 0.29) is 31.3 Å². The molecule has 0 bridgehead atoms. The molecular formula is C28H25B2Cl3N2O6S2. The van der Waals surface area contributed by atoms with Gasteiger partial charge in [-0.3, -0.25) is 0 Å². The number of ether oxygens (including phenoxy) is 2. The smallest absolute Gasteiger partial charge is 0.431 e. The SMILES string of the molecule is Cc1cc(Cl)ccc1OC(=S)Nc1cccc(B(O)O)c1Cl.Cc1ccccc1OC(=S)Nc1cccc(B(O)O)c1Cl. The van der Waals surface area contributed by atoms with Crippen molar-refractivity contribution >= 4 is 106 Å². The molecule has 0 amide bonds. The maximum Gasteiger partial charge on any atom is 0.490 e. The first-order valence-corrected chi connectivity index (χ1v) is 14.4. The average molecular weight is 678 g/mol. The Balaban J connectivity index is 0.000000236. The van der Waals surface area contributed by atoms with Crippen LogP contribution in [-0.2, 0) is 0 Å². The summed E-state index contributed by atoms with van der Waals surface area (Å²) in [5.74, 6) is 1.21. The number of thiocarbonyl (C=S) groups is 2. The molecule has 0 aliphatic carbocycles. The second kappa shape index (κ2) is 16.2. The van der Waals surface area contributed by atoms with Gasteiger partial charge in [-0.2, -0.15) is 0 Å². The topological polar surface area (TPSA) is 123 Å². The van der Waals surface area contributed by atoms with Crippen molar-refractivity contribution < 1.29 is 29.6 Å². The van der Waals surface area contributed by atoms with Crippen LogP contribution in [0.3, 0.4) is 0 Å². The number of halogens is 3. The van der Waals surface area contributed by atoms with E-state index in [9.17, 15) is 20.1 Å². The molecule has 0 unspecified atom stereocenters. The van der Waals surface area contributed by atoms with E-state index in [0.717, 1.165) is 11.1 Å². The van der Waals surface area contributed by atoms with Gasteiger partial charge in [0.05, 0.1) is 21.4 Å². The average Bonchev–Trinajstić information content (AvgIpc) is 2.94. The van der Waals surface area contributed by atoms with Gasteiger partial charge >= 0.3 is 14.2 Å². The lowest BCUT2D eigenvalue weighted by Gasteiger charge is -2.14. The van der Waals surface area contributed by atoms with E-state index in [4.69, 9.17) is 68.7 Å². The maximum atomic E-state index is 9.23. The normalized spacial score (nSPS) is 10.2. The zero-order chi connectivity index (χ0) is 31.7. The minimum Gasteiger partial charge on any atom is -0.431 e. The van der Waals surface area contributed by atoms with Crippen LogP contribution in [0.25, 0.3) is 0 Å². The molecule has 0 radical (unpaired) electrons. The predicted molar refractivity (Wildman–Crippen MR) is 184 cm³/mol. The zero-order valence-corrected chi connectivity index (χ0v) is 26.6. The summed E-state index contributed by atoms with van der Waals surface area (Å²) in [4.78, 5) is 0. The van der Waals surface area contributed by atoms with Crippen molar-refractivity contribution in [3.8, 4) is 11.5 Å². The van der Waals surface area contributed by atoms with Crippen molar-refractivity contribution in [2.24, 2.45) is 0 Å². The highest BCUT2D eigenvalue weighted by molar-refractivity contribution is 7.80. The van der Waals surface area contributed by atoms with Gasteiger partial charge in [0.1, 0.15) is 11.5 Å². The number of benzene rings is 4. The highest BCUT2D eigenvalue weighted by Crippen LogP contribution is 2.24. The van der Waals surface area contributed by atoms with Crippen molar-refractivity contribution in [3.05, 3.63) is 105 Å². The van der Waals surface area contributed by atoms with Gasteiger partial charge in [-0.15, -0.1) is 0 Å². The minimum absolute atomic E-state index is 0.0805. The lowest BCUT2D eigenvalue weighted by molar-refractivity contribution is 0.424. The fourth-order valence-corrected chi connectivity index (χ4v) is 4.73. The first-order chi connectivity index (χ1) is 20.4. The number of nitrogens with one attached hydrogen (secondary N) is 2. The third-order valence-corrected chi connectivity index (χ3v) is 7.17. The quantitative estimate of drug-likeness (QED) is 0.125. The van der Waals surface area contributed by atoms with Crippen molar-refractivity contribution in [1.29, 1.82) is 0 Å². The van der Waals surface area contributed by atoms with Crippen LogP contribution in [0.15, 0.2) is 78.9 Å². The molecule has 0 heterocycles. The molecule has 0 saturated carbocycles. The molecule has 222 valence electrons. The predicted octanol–water partition coefficient (Wildman–Crippen LogP) is 4.86. The number of hydrogen-bond donors (Lipinski definition) is 6. The molecule has 0 saturated heterocycles. The van der Waals surface area contributed by atoms with Gasteiger partial charge in [0.25, 0.3) is 10.3 Å². The van der Waals surface area contributed by atoms with Gasteiger partial charge in [-0.1, -0.05) is 77.3 Å². The molecule has 6 N–H and O–H groups in total. The first-order valence-electron chi connectivity index (χ1n) is 12.5. The Labute approximate surface area is 275 Å². The van der Waals surface area contributed by atoms with E-state index in [0.29, 0.717) is 27.9 Å². The Hall–Kier alpha value is -2.90. The van der Waals surface area contributed by atoms with Crippen molar-refractivity contribution in [3.63, 3.8) is 0 Å². The van der Waals surface area contributed by atoms with E-state index < -0.39 is 14.2 Å². The number of hydrogen-bond acceptors (Lipinski definition) is 8. The Morgan fingerprint density at radius 2 is 1.09 bits per heavy atom. The lowest BCUT2D eigenvalue weighted by atomic mass is 9.80. The van der Waals surface area contributed by atoms with Gasteiger partial charge in [0.2, 0.25) is 0 Å². The number of anilines is 2. The molecule has 4 aromatic rings. The summed E-state index contributed by atoms with van der Waals surface area (Å²) in [5, 5.41) is 43.7. The van der Waals surface area contributed by atoms with Crippen molar-refractivity contribution in [2.75, 3.05) is 10.6 Å². The van der Waals surface area contributed by atoms with Crippen LogP contribution >= 0.6 is 59.2 Å². The molecular weight excluding hydrogens is 652 g/mol. The molecule has 0 aliphatic rings. The highest BCUT2D eigenvalue weighted by atomic mass is 35.5. The fourth-order valence-electron chi connectivity index (χ4n) is 3.56. The van der Waals surface area contributed by atoms with E-state index in [1.807, 2.05) is 32.0 Å². The van der Waals surface area contributed by atoms with Crippen molar-refractivity contribution in [2.45, 2.75) is 13.8 Å². The van der Waals surface area contributed by atoms with Gasteiger partial charge in [0.15, 0.2) is 0 Å². The summed E-state index contributed by atoms with van der Waals surface area (Å²) in [6.07, 6.45) is 0. The first kappa shape index (κ1) is 34.6. The van der Waals surface area contributed by atoms with Crippen molar-refractivity contribution in [1.82, 2.24) is 0 Å². The summed E-state index contributed by atoms with van der Waals surface area (Å²) in [7, 11) is -3.31. The monoisotopic (exact) mass is 676 g/mol. The van der Waals surface area contributed by atoms with E-state index in [2.05, 4.69) is 10.6 Å². The third-order valence-electron chi connectivity index (χ3n) is 5.72. The molecule has 0 aromatic heterocycles. The molecule has 15 heteroatoms. The lowest BCUT2D eigenvalue weighted by Crippen LogP contribution is -2.31. The van der Waals surface area contributed by atoms with Crippen LogP contribution in [0.2, 0.25) is 15.1 Å². The summed E-state index contributed by atoms with van der Waals surface area (Å²) in [6, 6.07) is 22.2. The van der Waals surface area contributed by atoms with Crippen LogP contribution in [-0.4, -0.2) is 44.7 Å². The summed E-state index contributed by atoms with van der Waals surface area (Å²) in [5.41, 5.74) is 3.02. The van der Waals surface area contributed by atoms with Gasteiger partial charge in [-0.25, -0.2) is 0 Å². The zero-order valence-electron chi connectivity index (χ0n) is 22.7. The van der Waals surface area contributed by atoms with Crippen LogP contribution in [0.1, 0.15) is 11.1 Å². The summed E-state index contributed by atoms with van der Waals surface area (Å²) < 4.78 is 11.1. The van der Waals surface area contributed by atoms with Gasteiger partial charge < -0.3 is 40.2 Å². The number of para-hydroxylation sites is 1. The Morgan fingerprint density at radius 3 is 1.53 bits per heavy atom. The van der Waals surface area contributed by atoms with E-state index >= 15 is 0 Å². The van der Waals surface area contributed by atoms with E-state index in [1.165, 1.54) is 12.1 Å². The van der Waals surface area contributed by atoms with Crippen LogP contribution in [0.5, 0.6) is 11.5 Å². The molecule has 0 fully saturated rings. The molecule has 0 spiro atoms. The van der Waals surface area contributed by atoms with Crippen LogP contribution < -0.4 is 31.0 Å². The fraction of sp³-hybridized carbons (Fsp3) is 0.0714. The Bertz CT molecular complexity index is 1620.